The van der Waals surface area contributed by atoms with E-state index in [4.69, 9.17) is 9.47 Å². The van der Waals surface area contributed by atoms with E-state index in [-0.39, 0.29) is 5.91 Å². The van der Waals surface area contributed by atoms with E-state index in [1.165, 1.54) is 16.0 Å². The van der Waals surface area contributed by atoms with E-state index in [0.29, 0.717) is 17.1 Å². The minimum atomic E-state index is 0.00959. The van der Waals surface area contributed by atoms with Crippen LogP contribution in [-0.2, 0) is 6.54 Å². The first-order chi connectivity index (χ1) is 12.6. The van der Waals surface area contributed by atoms with E-state index in [2.05, 4.69) is 31.2 Å². The number of rotatable bonds is 5. The predicted octanol–water partition coefficient (Wildman–Crippen LogP) is 1.55. The summed E-state index contributed by atoms with van der Waals surface area (Å²) in [5.74, 6) is 1.10. The van der Waals surface area contributed by atoms with Gasteiger partial charge in [0.2, 0.25) is 0 Å². The molecule has 0 spiro atoms. The van der Waals surface area contributed by atoms with E-state index >= 15 is 0 Å². The maximum atomic E-state index is 12.9. The average Bonchev–Trinajstić information content (AvgIpc) is 2.67. The number of methoxy groups -OCH3 is 2. The zero-order valence-corrected chi connectivity index (χ0v) is 15.7. The number of carbonyl (C=O) groups excluding carboxylic acids is 1. The molecule has 0 saturated carbocycles. The summed E-state index contributed by atoms with van der Waals surface area (Å²) in [4.78, 5) is 16.4. The fourth-order valence-corrected chi connectivity index (χ4v) is 3.54. The molecule has 0 aromatic heterocycles. The first kappa shape index (κ1) is 18.3. The van der Waals surface area contributed by atoms with Gasteiger partial charge in [-0.25, -0.2) is 0 Å². The van der Waals surface area contributed by atoms with Gasteiger partial charge in [-0.3, -0.25) is 4.79 Å². The highest BCUT2D eigenvalue weighted by Gasteiger charge is 2.27. The largest absolute Gasteiger partial charge is 0.493 e. The van der Waals surface area contributed by atoms with Gasteiger partial charge >= 0.3 is 0 Å². The van der Waals surface area contributed by atoms with Crippen LogP contribution in [0.2, 0.25) is 0 Å². The highest BCUT2D eigenvalue weighted by atomic mass is 16.5. The molecule has 5 nitrogen and oxygen atoms in total. The molecule has 0 bridgehead atoms. The molecule has 1 aliphatic rings. The average molecular weight is 355 g/mol. The highest BCUT2D eigenvalue weighted by Crippen LogP contribution is 2.31. The fraction of sp³-hybridized carbons (Fsp3) is 0.381. The summed E-state index contributed by atoms with van der Waals surface area (Å²) in [6.07, 6.45) is 0. The Morgan fingerprint density at radius 2 is 1.81 bits per heavy atom. The summed E-state index contributed by atoms with van der Waals surface area (Å²) in [6.45, 7) is 6.53. The third-order valence-electron chi connectivity index (χ3n) is 4.93. The van der Waals surface area contributed by atoms with Crippen molar-refractivity contribution in [2.75, 3.05) is 40.4 Å². The second-order valence-electron chi connectivity index (χ2n) is 6.75. The van der Waals surface area contributed by atoms with Crippen molar-refractivity contribution >= 4 is 5.91 Å². The van der Waals surface area contributed by atoms with Gasteiger partial charge in [-0.2, -0.15) is 0 Å². The summed E-state index contributed by atoms with van der Waals surface area (Å²) < 4.78 is 10.7. The van der Waals surface area contributed by atoms with E-state index in [0.717, 1.165) is 32.7 Å². The van der Waals surface area contributed by atoms with Gasteiger partial charge < -0.3 is 19.3 Å². The Bertz CT molecular complexity index is 768. The minimum absolute atomic E-state index is 0.00959. The molecule has 0 atom stereocenters. The molecule has 1 N–H and O–H groups in total. The van der Waals surface area contributed by atoms with Crippen molar-refractivity contribution in [1.29, 1.82) is 0 Å². The lowest BCUT2D eigenvalue weighted by Gasteiger charge is -2.32. The minimum Gasteiger partial charge on any atom is -0.493 e. The van der Waals surface area contributed by atoms with E-state index < -0.39 is 0 Å². The third-order valence-corrected chi connectivity index (χ3v) is 4.93. The lowest BCUT2D eigenvalue weighted by Crippen LogP contribution is -3.13. The number of piperazine rings is 1. The molecular formula is C21H27N2O3+. The molecule has 1 saturated heterocycles. The predicted molar refractivity (Wildman–Crippen MR) is 101 cm³/mol. The molecule has 1 amide bonds. The van der Waals surface area contributed by atoms with Crippen molar-refractivity contribution in [3.63, 3.8) is 0 Å². The standard InChI is InChI=1S/C21H26N2O3/c1-16-6-4-7-17(14-16)15-22-10-12-23(13-11-22)21(24)18-8-5-9-19(25-2)20(18)26-3/h4-9,14H,10-13,15H2,1-3H3/p+1. The number of ether oxygens (including phenoxy) is 2. The van der Waals surface area contributed by atoms with Crippen molar-refractivity contribution in [2.24, 2.45) is 0 Å². The molecule has 0 unspecified atom stereocenters. The number of amides is 1. The van der Waals surface area contributed by atoms with Gasteiger partial charge in [0, 0.05) is 5.56 Å². The molecule has 2 aromatic rings. The molecule has 0 aliphatic carbocycles. The molecule has 138 valence electrons. The quantitative estimate of drug-likeness (QED) is 0.885. The molecule has 1 heterocycles. The number of nitrogens with one attached hydrogen (secondary N) is 1. The Kier molecular flexibility index (Phi) is 5.78. The molecule has 5 heteroatoms. The summed E-state index contributed by atoms with van der Waals surface area (Å²) >= 11 is 0. The second-order valence-corrected chi connectivity index (χ2v) is 6.75. The highest BCUT2D eigenvalue weighted by molar-refractivity contribution is 5.97. The summed E-state index contributed by atoms with van der Waals surface area (Å²) in [7, 11) is 3.15. The van der Waals surface area contributed by atoms with Crippen molar-refractivity contribution < 1.29 is 19.2 Å². The first-order valence-electron chi connectivity index (χ1n) is 9.01. The summed E-state index contributed by atoms with van der Waals surface area (Å²) in [5.41, 5.74) is 3.21. The van der Waals surface area contributed by atoms with Crippen LogP contribution in [0, 0.1) is 6.92 Å². The SMILES string of the molecule is COc1cccc(C(=O)N2CC[NH+](Cc3cccc(C)c3)CC2)c1OC. The Hall–Kier alpha value is -2.53. The Labute approximate surface area is 155 Å². The van der Waals surface area contributed by atoms with Crippen LogP contribution in [0.25, 0.3) is 0 Å². The first-order valence-corrected chi connectivity index (χ1v) is 9.01. The lowest BCUT2D eigenvalue weighted by molar-refractivity contribution is -0.917. The number of hydrogen-bond donors (Lipinski definition) is 1. The number of nitrogens with zero attached hydrogens (tertiary/aromatic N) is 1. The van der Waals surface area contributed by atoms with Gasteiger partial charge in [-0.05, 0) is 19.1 Å². The summed E-state index contributed by atoms with van der Waals surface area (Å²) in [6, 6.07) is 14.1. The molecule has 26 heavy (non-hydrogen) atoms. The number of aryl methyl sites for hydroxylation is 1. The van der Waals surface area contributed by atoms with E-state index in [9.17, 15) is 4.79 Å². The zero-order valence-electron chi connectivity index (χ0n) is 15.7. The molecule has 1 aliphatic heterocycles. The van der Waals surface area contributed by atoms with Crippen LogP contribution in [0.1, 0.15) is 21.5 Å². The van der Waals surface area contributed by atoms with Crippen LogP contribution in [0.15, 0.2) is 42.5 Å². The smallest absolute Gasteiger partial charge is 0.258 e. The fourth-order valence-electron chi connectivity index (χ4n) is 3.54. The van der Waals surface area contributed by atoms with E-state index in [1.54, 1.807) is 26.4 Å². The number of carbonyl (C=O) groups is 1. The van der Waals surface area contributed by atoms with Crippen LogP contribution >= 0.6 is 0 Å². The van der Waals surface area contributed by atoms with Crippen molar-refractivity contribution in [3.05, 3.63) is 59.2 Å². The normalized spacial score (nSPS) is 15.0. The van der Waals surface area contributed by atoms with Crippen molar-refractivity contribution in [2.45, 2.75) is 13.5 Å². The number of benzene rings is 2. The topological polar surface area (TPSA) is 43.2 Å². The maximum absolute atomic E-state index is 12.9. The Morgan fingerprint density at radius 1 is 1.08 bits per heavy atom. The molecule has 3 rings (SSSR count). The van der Waals surface area contributed by atoms with Gasteiger partial charge in [-0.1, -0.05) is 35.9 Å². The number of para-hydroxylation sites is 1. The van der Waals surface area contributed by atoms with Crippen molar-refractivity contribution in [1.82, 2.24) is 4.90 Å². The lowest BCUT2D eigenvalue weighted by atomic mass is 10.1. The van der Waals surface area contributed by atoms with E-state index in [1.807, 2.05) is 11.0 Å². The van der Waals surface area contributed by atoms with Gasteiger partial charge in [0.1, 0.15) is 6.54 Å². The van der Waals surface area contributed by atoms with Gasteiger partial charge in [0.25, 0.3) is 5.91 Å². The van der Waals surface area contributed by atoms with Crippen LogP contribution in [0.3, 0.4) is 0 Å². The molecule has 1 fully saturated rings. The Balaban J connectivity index is 1.64. The van der Waals surface area contributed by atoms with Crippen molar-refractivity contribution in [3.8, 4) is 11.5 Å². The second kappa shape index (κ2) is 8.23. The number of hydrogen-bond acceptors (Lipinski definition) is 3. The third kappa shape index (κ3) is 3.99. The monoisotopic (exact) mass is 355 g/mol. The maximum Gasteiger partial charge on any atom is 0.258 e. The Morgan fingerprint density at radius 3 is 2.46 bits per heavy atom. The van der Waals surface area contributed by atoms with Gasteiger partial charge in [0.05, 0.1) is 46.0 Å². The van der Waals surface area contributed by atoms with Gasteiger partial charge in [-0.15, -0.1) is 0 Å². The van der Waals surface area contributed by atoms with Crippen LogP contribution < -0.4 is 14.4 Å². The molecular weight excluding hydrogens is 328 g/mol. The van der Waals surface area contributed by atoms with Gasteiger partial charge in [0.15, 0.2) is 11.5 Å². The van der Waals surface area contributed by atoms with Crippen LogP contribution in [0.5, 0.6) is 11.5 Å². The molecule has 2 aromatic carbocycles. The summed E-state index contributed by atoms with van der Waals surface area (Å²) in [5, 5.41) is 0. The van der Waals surface area contributed by atoms with Crippen LogP contribution in [-0.4, -0.2) is 51.2 Å². The number of quaternary nitrogens is 1. The molecule has 0 radical (unpaired) electrons. The zero-order chi connectivity index (χ0) is 18.5. The van der Waals surface area contributed by atoms with Crippen LogP contribution in [0.4, 0.5) is 0 Å².